The topological polar surface area (TPSA) is 105 Å². The third-order valence-corrected chi connectivity index (χ3v) is 5.48. The quantitative estimate of drug-likeness (QED) is 0.573. The molecule has 0 spiro atoms. The Morgan fingerprint density at radius 1 is 1.26 bits per heavy atom. The molecule has 0 aliphatic carbocycles. The van der Waals surface area contributed by atoms with Gasteiger partial charge in [0.15, 0.2) is 4.90 Å². The number of nitro groups is 1. The molecule has 8 nitrogen and oxygen atoms in total. The minimum Gasteiger partial charge on any atom is -0.314 e. The molecule has 0 amide bonds. The first kappa shape index (κ1) is 17.8. The van der Waals surface area contributed by atoms with Crippen molar-refractivity contribution in [2.45, 2.75) is 18.7 Å². The van der Waals surface area contributed by atoms with E-state index in [9.17, 15) is 18.5 Å². The molecule has 1 fully saturated rings. The average molecular weight is 342 g/mol. The van der Waals surface area contributed by atoms with Gasteiger partial charge in [-0.3, -0.25) is 15.0 Å². The summed E-state index contributed by atoms with van der Waals surface area (Å²) in [7, 11) is -3.91. The number of aryl methyl sites for hydroxylation is 2. The highest BCUT2D eigenvalue weighted by molar-refractivity contribution is 7.89. The van der Waals surface area contributed by atoms with Crippen LogP contribution in [0.3, 0.4) is 0 Å². The molecule has 1 saturated heterocycles. The van der Waals surface area contributed by atoms with Gasteiger partial charge in [-0.15, -0.1) is 0 Å². The molecule has 1 aliphatic rings. The van der Waals surface area contributed by atoms with Gasteiger partial charge in [0.05, 0.1) is 4.92 Å². The van der Waals surface area contributed by atoms with Crippen molar-refractivity contribution >= 4 is 15.7 Å². The van der Waals surface area contributed by atoms with Crippen LogP contribution in [0.5, 0.6) is 0 Å². The summed E-state index contributed by atoms with van der Waals surface area (Å²) < 4.78 is 27.3. The first-order valence-corrected chi connectivity index (χ1v) is 8.98. The molecule has 23 heavy (non-hydrogen) atoms. The van der Waals surface area contributed by atoms with Gasteiger partial charge in [0.2, 0.25) is 10.0 Å². The fourth-order valence-electron chi connectivity index (χ4n) is 2.48. The lowest BCUT2D eigenvalue weighted by atomic mass is 10.1. The number of nitrogens with one attached hydrogen (secondary N) is 2. The molecular formula is C14H22N4O4S. The summed E-state index contributed by atoms with van der Waals surface area (Å²) >= 11 is 0. The lowest BCUT2D eigenvalue weighted by molar-refractivity contribution is -0.387. The van der Waals surface area contributed by atoms with Crippen LogP contribution >= 0.6 is 0 Å². The maximum Gasteiger partial charge on any atom is 0.289 e. The maximum absolute atomic E-state index is 12.4. The van der Waals surface area contributed by atoms with E-state index in [1.165, 1.54) is 12.1 Å². The van der Waals surface area contributed by atoms with Crippen molar-refractivity contribution in [2.24, 2.45) is 0 Å². The molecule has 1 aromatic carbocycles. The van der Waals surface area contributed by atoms with Crippen LogP contribution in [0, 0.1) is 24.0 Å². The summed E-state index contributed by atoms with van der Waals surface area (Å²) in [6.45, 7) is 7.77. The maximum atomic E-state index is 12.4. The predicted molar refractivity (Wildman–Crippen MR) is 87.1 cm³/mol. The summed E-state index contributed by atoms with van der Waals surface area (Å²) in [6, 6.07) is 2.67. The summed E-state index contributed by atoms with van der Waals surface area (Å²) in [5.74, 6) is 0. The SMILES string of the molecule is Cc1cc([N+](=O)[O-])c(S(=O)(=O)NCCN2CCNCC2)cc1C. The van der Waals surface area contributed by atoms with Gasteiger partial charge in [0.25, 0.3) is 5.69 Å². The third-order valence-electron chi connectivity index (χ3n) is 3.99. The predicted octanol–water partition coefficient (Wildman–Crippen LogP) is 0.395. The zero-order valence-electron chi connectivity index (χ0n) is 13.3. The minimum atomic E-state index is -3.91. The van der Waals surface area contributed by atoms with Crippen molar-refractivity contribution in [3.8, 4) is 0 Å². The van der Waals surface area contributed by atoms with E-state index in [1.54, 1.807) is 13.8 Å². The van der Waals surface area contributed by atoms with E-state index in [4.69, 9.17) is 0 Å². The molecule has 1 heterocycles. The van der Waals surface area contributed by atoms with Crippen LogP contribution in [0.15, 0.2) is 17.0 Å². The molecule has 2 rings (SSSR count). The van der Waals surface area contributed by atoms with Crippen molar-refractivity contribution in [2.75, 3.05) is 39.3 Å². The number of nitro benzene ring substituents is 1. The minimum absolute atomic E-state index is 0.229. The third kappa shape index (κ3) is 4.47. The lowest BCUT2D eigenvalue weighted by Gasteiger charge is -2.27. The molecule has 0 saturated carbocycles. The molecule has 0 radical (unpaired) electrons. The van der Waals surface area contributed by atoms with Crippen LogP contribution in [0.25, 0.3) is 0 Å². The number of sulfonamides is 1. The second-order valence-corrected chi connectivity index (χ2v) is 7.39. The smallest absolute Gasteiger partial charge is 0.289 e. The van der Waals surface area contributed by atoms with E-state index in [-0.39, 0.29) is 17.1 Å². The van der Waals surface area contributed by atoms with E-state index < -0.39 is 14.9 Å². The van der Waals surface area contributed by atoms with Gasteiger partial charge >= 0.3 is 0 Å². The Balaban J connectivity index is 2.12. The van der Waals surface area contributed by atoms with Crippen molar-refractivity contribution < 1.29 is 13.3 Å². The van der Waals surface area contributed by atoms with Crippen LogP contribution in [0.2, 0.25) is 0 Å². The zero-order chi connectivity index (χ0) is 17.0. The van der Waals surface area contributed by atoms with Gasteiger partial charge in [0.1, 0.15) is 0 Å². The van der Waals surface area contributed by atoms with Gasteiger partial charge < -0.3 is 5.32 Å². The van der Waals surface area contributed by atoms with E-state index in [0.717, 1.165) is 26.2 Å². The molecule has 0 unspecified atom stereocenters. The van der Waals surface area contributed by atoms with Crippen molar-refractivity contribution in [1.82, 2.24) is 14.9 Å². The fourth-order valence-corrected chi connectivity index (χ4v) is 3.74. The first-order valence-electron chi connectivity index (χ1n) is 7.49. The van der Waals surface area contributed by atoms with Crippen LogP contribution in [-0.4, -0.2) is 57.5 Å². The first-order chi connectivity index (χ1) is 10.8. The Bertz CT molecular complexity index is 684. The number of benzene rings is 1. The summed E-state index contributed by atoms with van der Waals surface area (Å²) in [5, 5.41) is 14.4. The fraction of sp³-hybridized carbons (Fsp3) is 0.571. The Labute approximate surface area is 136 Å². The molecule has 0 aromatic heterocycles. The standard InChI is InChI=1S/C14H22N4O4S/c1-11-9-13(18(19)20)14(10-12(11)2)23(21,22)16-5-8-17-6-3-15-4-7-17/h9-10,15-16H,3-8H2,1-2H3. The van der Waals surface area contributed by atoms with Crippen molar-refractivity contribution in [1.29, 1.82) is 0 Å². The van der Waals surface area contributed by atoms with Gasteiger partial charge in [-0.05, 0) is 31.0 Å². The molecular weight excluding hydrogens is 320 g/mol. The van der Waals surface area contributed by atoms with Crippen LogP contribution in [-0.2, 0) is 10.0 Å². The van der Waals surface area contributed by atoms with Crippen molar-refractivity contribution in [3.63, 3.8) is 0 Å². The van der Waals surface area contributed by atoms with Crippen LogP contribution in [0.1, 0.15) is 11.1 Å². The molecule has 2 N–H and O–H groups in total. The Kier molecular flexibility index (Phi) is 5.69. The normalized spacial score (nSPS) is 16.4. The van der Waals surface area contributed by atoms with E-state index in [1.807, 2.05) is 0 Å². The molecule has 0 bridgehead atoms. The summed E-state index contributed by atoms with van der Waals surface area (Å²) in [6.07, 6.45) is 0. The molecule has 9 heteroatoms. The Morgan fingerprint density at radius 3 is 2.48 bits per heavy atom. The van der Waals surface area contributed by atoms with Crippen LogP contribution < -0.4 is 10.0 Å². The van der Waals surface area contributed by atoms with E-state index >= 15 is 0 Å². The second-order valence-electron chi connectivity index (χ2n) is 5.65. The van der Waals surface area contributed by atoms with E-state index in [2.05, 4.69) is 14.9 Å². The monoisotopic (exact) mass is 342 g/mol. The highest BCUT2D eigenvalue weighted by Gasteiger charge is 2.26. The van der Waals surface area contributed by atoms with Crippen molar-refractivity contribution in [3.05, 3.63) is 33.4 Å². The zero-order valence-corrected chi connectivity index (χ0v) is 14.1. The highest BCUT2D eigenvalue weighted by Crippen LogP contribution is 2.27. The van der Waals surface area contributed by atoms with Gasteiger partial charge in [-0.25, -0.2) is 13.1 Å². The van der Waals surface area contributed by atoms with Gasteiger partial charge in [-0.2, -0.15) is 0 Å². The Hall–Kier alpha value is -1.55. The molecule has 0 atom stereocenters. The number of rotatable bonds is 6. The van der Waals surface area contributed by atoms with Gasteiger partial charge in [0, 0.05) is 45.3 Å². The van der Waals surface area contributed by atoms with E-state index in [0.29, 0.717) is 17.7 Å². The number of hydrogen-bond acceptors (Lipinski definition) is 6. The van der Waals surface area contributed by atoms with Gasteiger partial charge in [-0.1, -0.05) is 0 Å². The summed E-state index contributed by atoms with van der Waals surface area (Å²) in [5.41, 5.74) is 1.01. The second kappa shape index (κ2) is 7.35. The highest BCUT2D eigenvalue weighted by atomic mass is 32.2. The van der Waals surface area contributed by atoms with Crippen LogP contribution in [0.4, 0.5) is 5.69 Å². The summed E-state index contributed by atoms with van der Waals surface area (Å²) in [4.78, 5) is 12.4. The molecule has 128 valence electrons. The number of hydrogen-bond donors (Lipinski definition) is 2. The Morgan fingerprint density at radius 2 is 1.87 bits per heavy atom. The largest absolute Gasteiger partial charge is 0.314 e. The lowest BCUT2D eigenvalue weighted by Crippen LogP contribution is -2.46. The number of nitrogens with zero attached hydrogens (tertiary/aromatic N) is 2. The molecule has 1 aliphatic heterocycles. The molecule has 1 aromatic rings. The average Bonchev–Trinajstić information content (AvgIpc) is 2.50. The number of piperazine rings is 1.